The maximum atomic E-state index is 12.3. The summed E-state index contributed by atoms with van der Waals surface area (Å²) in [6.07, 6.45) is -1.91. The Labute approximate surface area is 111 Å². The Balaban J connectivity index is 1.84. The van der Waals surface area contributed by atoms with Crippen molar-refractivity contribution < 1.29 is 22.5 Å². The van der Waals surface area contributed by atoms with E-state index >= 15 is 0 Å². The molecular formula is C12H10F3N3O2. The predicted octanol–water partition coefficient (Wildman–Crippen LogP) is 2.49. The molecule has 0 saturated carbocycles. The zero-order valence-corrected chi connectivity index (χ0v) is 10.1. The zero-order chi connectivity index (χ0) is 14.6. The number of carbonyl (C=O) groups is 1. The Hall–Kier alpha value is -2.51. The molecule has 1 amide bonds. The Bertz CT molecular complexity index is 565. The molecule has 106 valence electrons. The summed E-state index contributed by atoms with van der Waals surface area (Å²) in [6.45, 7) is 0.0649. The minimum atomic E-state index is -4.36. The summed E-state index contributed by atoms with van der Waals surface area (Å²) >= 11 is 0. The van der Waals surface area contributed by atoms with Crippen LogP contribution in [0, 0.1) is 0 Å². The van der Waals surface area contributed by atoms with Crippen LogP contribution in [0.5, 0.6) is 0 Å². The molecule has 0 aliphatic carbocycles. The highest BCUT2D eigenvalue weighted by molar-refractivity contribution is 5.93. The number of benzene rings is 1. The molecule has 1 aromatic heterocycles. The molecular weight excluding hydrogens is 275 g/mol. The van der Waals surface area contributed by atoms with Gasteiger partial charge in [-0.3, -0.25) is 4.79 Å². The second-order valence-corrected chi connectivity index (χ2v) is 3.85. The number of hydrogen-bond acceptors (Lipinski definition) is 4. The zero-order valence-electron chi connectivity index (χ0n) is 10.1. The van der Waals surface area contributed by atoms with Gasteiger partial charge in [0.25, 0.3) is 5.91 Å². The second-order valence-electron chi connectivity index (χ2n) is 3.85. The fourth-order valence-electron chi connectivity index (χ4n) is 1.42. The molecule has 0 aliphatic heterocycles. The van der Waals surface area contributed by atoms with E-state index in [-0.39, 0.29) is 12.2 Å². The largest absolute Gasteiger partial charge is 0.416 e. The van der Waals surface area contributed by atoms with Crippen molar-refractivity contribution >= 4 is 11.6 Å². The van der Waals surface area contributed by atoms with Crippen LogP contribution in [0.3, 0.4) is 0 Å². The molecule has 0 bridgehead atoms. The molecule has 0 aliphatic rings. The molecule has 0 radical (unpaired) electrons. The van der Waals surface area contributed by atoms with E-state index in [1.54, 1.807) is 0 Å². The van der Waals surface area contributed by atoms with Crippen LogP contribution in [0.1, 0.15) is 15.9 Å². The average molecular weight is 285 g/mol. The van der Waals surface area contributed by atoms with Crippen LogP contribution < -0.4 is 10.6 Å². The summed E-state index contributed by atoms with van der Waals surface area (Å²) < 4.78 is 41.5. The van der Waals surface area contributed by atoms with Crippen molar-refractivity contribution in [3.05, 3.63) is 47.9 Å². The average Bonchev–Trinajstić information content (AvgIpc) is 2.92. The van der Waals surface area contributed by atoms with Gasteiger partial charge in [-0.2, -0.15) is 13.2 Å². The molecule has 1 heterocycles. The molecule has 1 aromatic carbocycles. The van der Waals surface area contributed by atoms with Gasteiger partial charge in [0.05, 0.1) is 24.0 Å². The summed E-state index contributed by atoms with van der Waals surface area (Å²) in [5, 5.41) is 8.65. The SMILES string of the molecule is O=C(NCNc1ccc(C(F)(F)F)cc1)c1cnoc1. The molecule has 2 aromatic rings. The lowest BCUT2D eigenvalue weighted by Gasteiger charge is -2.10. The number of rotatable bonds is 4. The van der Waals surface area contributed by atoms with Crippen LogP contribution in [-0.2, 0) is 6.18 Å². The quantitative estimate of drug-likeness (QED) is 0.847. The summed E-state index contributed by atoms with van der Waals surface area (Å²) in [5.41, 5.74) is -0.000560. The summed E-state index contributed by atoms with van der Waals surface area (Å²) in [6, 6.07) is 4.50. The van der Waals surface area contributed by atoms with Gasteiger partial charge >= 0.3 is 6.18 Å². The molecule has 20 heavy (non-hydrogen) atoms. The topological polar surface area (TPSA) is 67.2 Å². The van der Waals surface area contributed by atoms with Crippen molar-refractivity contribution in [1.82, 2.24) is 10.5 Å². The van der Waals surface area contributed by atoms with Gasteiger partial charge in [0, 0.05) is 5.69 Å². The monoisotopic (exact) mass is 285 g/mol. The Morgan fingerprint density at radius 1 is 1.25 bits per heavy atom. The van der Waals surface area contributed by atoms with Gasteiger partial charge in [0.15, 0.2) is 0 Å². The fraction of sp³-hybridized carbons (Fsp3) is 0.167. The maximum absolute atomic E-state index is 12.3. The molecule has 0 fully saturated rings. The number of amides is 1. The van der Waals surface area contributed by atoms with E-state index < -0.39 is 17.6 Å². The first kappa shape index (κ1) is 13.9. The molecule has 5 nitrogen and oxygen atoms in total. The molecule has 0 atom stereocenters. The number of nitrogens with zero attached hydrogens (tertiary/aromatic N) is 1. The summed E-state index contributed by atoms with van der Waals surface area (Å²) in [7, 11) is 0. The van der Waals surface area contributed by atoms with Gasteiger partial charge < -0.3 is 15.2 Å². The summed E-state index contributed by atoms with van der Waals surface area (Å²) in [4.78, 5) is 11.5. The lowest BCUT2D eigenvalue weighted by molar-refractivity contribution is -0.137. The number of aromatic nitrogens is 1. The van der Waals surface area contributed by atoms with Crippen molar-refractivity contribution in [1.29, 1.82) is 0 Å². The standard InChI is InChI=1S/C12H10F3N3O2/c13-12(14,15)9-1-3-10(4-2-9)16-7-17-11(19)8-5-18-20-6-8/h1-6,16H,7H2,(H,17,19). The maximum Gasteiger partial charge on any atom is 0.416 e. The molecule has 0 unspecified atom stereocenters. The van der Waals surface area contributed by atoms with Crippen LogP contribution in [0.15, 0.2) is 41.2 Å². The van der Waals surface area contributed by atoms with Crippen LogP contribution in [0.4, 0.5) is 18.9 Å². The summed E-state index contributed by atoms with van der Waals surface area (Å²) in [5.74, 6) is -0.398. The van der Waals surface area contributed by atoms with E-state index in [1.807, 2.05) is 0 Å². The number of nitrogens with one attached hydrogen (secondary N) is 2. The third kappa shape index (κ3) is 3.50. The molecule has 2 rings (SSSR count). The van der Waals surface area contributed by atoms with E-state index in [9.17, 15) is 18.0 Å². The van der Waals surface area contributed by atoms with Crippen LogP contribution in [0.2, 0.25) is 0 Å². The highest BCUT2D eigenvalue weighted by Crippen LogP contribution is 2.29. The van der Waals surface area contributed by atoms with Gasteiger partial charge in [0.2, 0.25) is 0 Å². The van der Waals surface area contributed by atoms with E-state index in [4.69, 9.17) is 0 Å². The smallest absolute Gasteiger partial charge is 0.368 e. The van der Waals surface area contributed by atoms with Gasteiger partial charge in [0.1, 0.15) is 6.26 Å². The minimum absolute atomic E-state index is 0.0649. The predicted molar refractivity (Wildman–Crippen MR) is 63.9 cm³/mol. The third-order valence-electron chi connectivity index (χ3n) is 2.45. The Morgan fingerprint density at radius 3 is 2.50 bits per heavy atom. The van der Waals surface area contributed by atoms with Gasteiger partial charge in [-0.25, -0.2) is 0 Å². The lowest BCUT2D eigenvalue weighted by atomic mass is 10.2. The van der Waals surface area contributed by atoms with Crippen molar-refractivity contribution in [2.45, 2.75) is 6.18 Å². The molecule has 0 spiro atoms. The normalized spacial score (nSPS) is 11.2. The number of hydrogen-bond donors (Lipinski definition) is 2. The van der Waals surface area contributed by atoms with Gasteiger partial charge in [-0.05, 0) is 24.3 Å². The minimum Gasteiger partial charge on any atom is -0.368 e. The van der Waals surface area contributed by atoms with E-state index in [1.165, 1.54) is 24.6 Å². The highest BCUT2D eigenvalue weighted by atomic mass is 19.4. The second kappa shape index (κ2) is 5.64. The van der Waals surface area contributed by atoms with Crippen molar-refractivity contribution in [2.24, 2.45) is 0 Å². The Kier molecular flexibility index (Phi) is 3.92. The number of anilines is 1. The van der Waals surface area contributed by atoms with Crippen molar-refractivity contribution in [3.8, 4) is 0 Å². The third-order valence-corrected chi connectivity index (χ3v) is 2.45. The van der Waals surface area contributed by atoms with E-state index in [0.29, 0.717) is 5.69 Å². The first-order chi connectivity index (χ1) is 9.47. The van der Waals surface area contributed by atoms with Crippen LogP contribution >= 0.6 is 0 Å². The molecule has 0 saturated heterocycles. The molecule has 8 heteroatoms. The Morgan fingerprint density at radius 2 is 1.95 bits per heavy atom. The van der Waals surface area contributed by atoms with Crippen LogP contribution in [-0.4, -0.2) is 17.7 Å². The number of carbonyl (C=O) groups excluding carboxylic acids is 1. The van der Waals surface area contributed by atoms with Crippen LogP contribution in [0.25, 0.3) is 0 Å². The highest BCUT2D eigenvalue weighted by Gasteiger charge is 2.29. The first-order valence-electron chi connectivity index (χ1n) is 5.55. The first-order valence-corrected chi connectivity index (χ1v) is 5.55. The number of alkyl halides is 3. The number of halogens is 3. The van der Waals surface area contributed by atoms with Gasteiger partial charge in [-0.1, -0.05) is 5.16 Å². The lowest BCUT2D eigenvalue weighted by Crippen LogP contribution is -2.28. The van der Waals surface area contributed by atoms with Crippen molar-refractivity contribution in [2.75, 3.05) is 12.0 Å². The van der Waals surface area contributed by atoms with E-state index in [0.717, 1.165) is 12.1 Å². The van der Waals surface area contributed by atoms with E-state index in [2.05, 4.69) is 20.3 Å². The van der Waals surface area contributed by atoms with Crippen molar-refractivity contribution in [3.63, 3.8) is 0 Å². The van der Waals surface area contributed by atoms with Gasteiger partial charge in [-0.15, -0.1) is 0 Å². The molecule has 2 N–H and O–H groups in total. The fourth-order valence-corrected chi connectivity index (χ4v) is 1.42.